The maximum atomic E-state index is 13.6. The molecule has 1 aliphatic carbocycles. The number of halogens is 3. The van der Waals surface area contributed by atoms with E-state index in [-0.39, 0.29) is 30.1 Å². The number of amides is 2. The number of allylic oxidation sites excluding steroid dienone is 3. The van der Waals surface area contributed by atoms with Crippen LogP contribution in [0.15, 0.2) is 42.1 Å². The molecule has 2 atom stereocenters. The van der Waals surface area contributed by atoms with E-state index in [0.29, 0.717) is 5.56 Å². The quantitative estimate of drug-likeness (QED) is 0.826. The number of carbonyl (C=O) groups excluding carboxylic acids is 2. The van der Waals surface area contributed by atoms with Crippen LogP contribution in [0.1, 0.15) is 30.9 Å². The summed E-state index contributed by atoms with van der Waals surface area (Å²) in [4.78, 5) is 23.5. The lowest BCUT2D eigenvalue weighted by molar-refractivity contribution is -0.145. The molecular formula is C20H21F3N2O2. The molecule has 0 aromatic heterocycles. The fourth-order valence-electron chi connectivity index (χ4n) is 3.42. The van der Waals surface area contributed by atoms with Gasteiger partial charge in [0.05, 0.1) is 5.92 Å². The third-order valence-corrected chi connectivity index (χ3v) is 4.76. The van der Waals surface area contributed by atoms with E-state index in [0.717, 1.165) is 24.5 Å². The second-order valence-electron chi connectivity index (χ2n) is 6.89. The monoisotopic (exact) mass is 378 g/mol. The van der Waals surface area contributed by atoms with Crippen LogP contribution in [0.2, 0.25) is 0 Å². The van der Waals surface area contributed by atoms with Gasteiger partial charge >= 0.3 is 6.18 Å². The summed E-state index contributed by atoms with van der Waals surface area (Å²) in [5.41, 5.74) is 1.72. The minimum atomic E-state index is -4.45. The summed E-state index contributed by atoms with van der Waals surface area (Å²) in [7, 11) is 0. The van der Waals surface area contributed by atoms with Crippen molar-refractivity contribution in [1.82, 2.24) is 10.6 Å². The Bertz CT molecular complexity index is 812. The lowest BCUT2D eigenvalue weighted by atomic mass is 9.93. The number of alkyl halides is 3. The maximum absolute atomic E-state index is 13.6. The summed E-state index contributed by atoms with van der Waals surface area (Å²) in [6.07, 6.45) is -0.299. The van der Waals surface area contributed by atoms with Gasteiger partial charge in [0.25, 0.3) is 0 Å². The van der Waals surface area contributed by atoms with Gasteiger partial charge in [-0.3, -0.25) is 9.59 Å². The molecule has 0 saturated carbocycles. The fourth-order valence-corrected chi connectivity index (χ4v) is 3.42. The number of aryl methyl sites for hydroxylation is 1. The van der Waals surface area contributed by atoms with Crippen molar-refractivity contribution in [3.05, 3.63) is 53.2 Å². The normalized spacial score (nSPS) is 22.3. The molecule has 1 aromatic carbocycles. The lowest BCUT2D eigenvalue weighted by Crippen LogP contribution is -2.30. The molecule has 2 aliphatic rings. The van der Waals surface area contributed by atoms with Gasteiger partial charge in [-0.25, -0.2) is 0 Å². The first-order chi connectivity index (χ1) is 12.8. The summed E-state index contributed by atoms with van der Waals surface area (Å²) in [5.74, 6) is -3.01. The van der Waals surface area contributed by atoms with E-state index in [1.807, 2.05) is 13.0 Å². The predicted octanol–water partition coefficient (Wildman–Crippen LogP) is 3.35. The summed E-state index contributed by atoms with van der Waals surface area (Å²) in [5, 5.41) is 5.08. The van der Waals surface area contributed by atoms with Crippen LogP contribution in [-0.2, 0) is 16.0 Å². The number of hydrogen-bond acceptors (Lipinski definition) is 2. The van der Waals surface area contributed by atoms with Gasteiger partial charge in [0.1, 0.15) is 5.92 Å². The van der Waals surface area contributed by atoms with E-state index in [1.54, 1.807) is 18.2 Å². The predicted molar refractivity (Wildman–Crippen MR) is 95.3 cm³/mol. The molecule has 1 aliphatic heterocycles. The van der Waals surface area contributed by atoms with E-state index < -0.39 is 23.9 Å². The van der Waals surface area contributed by atoms with E-state index in [2.05, 4.69) is 10.6 Å². The van der Waals surface area contributed by atoms with Crippen LogP contribution in [0, 0.1) is 11.8 Å². The summed E-state index contributed by atoms with van der Waals surface area (Å²) < 4.78 is 40.7. The average Bonchev–Trinajstić information content (AvgIpc) is 3.22. The number of rotatable bonds is 5. The van der Waals surface area contributed by atoms with Crippen molar-refractivity contribution in [2.45, 2.75) is 32.4 Å². The Morgan fingerprint density at radius 1 is 1.33 bits per heavy atom. The van der Waals surface area contributed by atoms with Gasteiger partial charge in [0, 0.05) is 18.7 Å². The maximum Gasteiger partial charge on any atom is 0.399 e. The number of benzene rings is 1. The van der Waals surface area contributed by atoms with Crippen molar-refractivity contribution in [3.8, 4) is 0 Å². The fraction of sp³-hybridized carbons (Fsp3) is 0.400. The molecule has 4 nitrogen and oxygen atoms in total. The number of nitrogens with one attached hydrogen (secondary N) is 2. The minimum absolute atomic E-state index is 0.0530. The molecule has 144 valence electrons. The molecule has 0 spiro atoms. The highest BCUT2D eigenvalue weighted by atomic mass is 19.4. The highest BCUT2D eigenvalue weighted by molar-refractivity contribution is 5.90. The highest BCUT2D eigenvalue weighted by Crippen LogP contribution is 2.42. The topological polar surface area (TPSA) is 58.2 Å². The Kier molecular flexibility index (Phi) is 5.39. The Morgan fingerprint density at radius 3 is 2.74 bits per heavy atom. The Balaban J connectivity index is 1.84. The van der Waals surface area contributed by atoms with Crippen molar-refractivity contribution in [3.63, 3.8) is 0 Å². The smallest absolute Gasteiger partial charge is 0.355 e. The summed E-state index contributed by atoms with van der Waals surface area (Å²) in [6, 6.07) is 7.07. The molecule has 27 heavy (non-hydrogen) atoms. The van der Waals surface area contributed by atoms with Gasteiger partial charge in [0.15, 0.2) is 0 Å². The first kappa shape index (κ1) is 19.2. The number of carbonyl (C=O) groups is 2. The van der Waals surface area contributed by atoms with Crippen molar-refractivity contribution in [2.75, 3.05) is 6.54 Å². The second-order valence-corrected chi connectivity index (χ2v) is 6.89. The van der Waals surface area contributed by atoms with Crippen LogP contribution in [-0.4, -0.2) is 24.5 Å². The largest absolute Gasteiger partial charge is 0.399 e. The molecular weight excluding hydrogens is 357 g/mol. The van der Waals surface area contributed by atoms with Crippen LogP contribution >= 0.6 is 0 Å². The summed E-state index contributed by atoms with van der Waals surface area (Å²) in [6.45, 7) is 2.22. The Morgan fingerprint density at radius 2 is 2.11 bits per heavy atom. The molecule has 0 bridgehead atoms. The van der Waals surface area contributed by atoms with Crippen molar-refractivity contribution < 1.29 is 22.8 Å². The van der Waals surface area contributed by atoms with E-state index in [1.165, 1.54) is 6.08 Å². The van der Waals surface area contributed by atoms with Crippen LogP contribution in [0.5, 0.6) is 0 Å². The van der Waals surface area contributed by atoms with Crippen LogP contribution < -0.4 is 10.6 Å². The molecule has 3 rings (SSSR count). The molecule has 1 saturated heterocycles. The van der Waals surface area contributed by atoms with E-state index >= 15 is 0 Å². The van der Waals surface area contributed by atoms with Crippen molar-refractivity contribution in [1.29, 1.82) is 0 Å². The van der Waals surface area contributed by atoms with Gasteiger partial charge in [-0.2, -0.15) is 13.2 Å². The molecule has 1 unspecified atom stereocenters. The van der Waals surface area contributed by atoms with Gasteiger partial charge in [0.2, 0.25) is 11.8 Å². The SMILES string of the molecule is CCCc1cccc(C2=CC(NC(=O)[C@H]3CNC(=O)C3)=CC2C(F)(F)F)c1. The standard InChI is InChI=1S/C20H21F3N2O2/c1-2-4-12-5-3-6-13(7-12)16-9-15(10-17(16)20(21,22)23)25-19(27)14-8-18(26)24-11-14/h3,5-7,9-10,14,17H,2,4,8,11H2,1H3,(H,24,26)(H,25,27)/t14-,17?/m1/s1. The Hall–Kier alpha value is -2.57. The minimum Gasteiger partial charge on any atom is -0.355 e. The van der Waals surface area contributed by atoms with Gasteiger partial charge in [-0.1, -0.05) is 37.6 Å². The highest BCUT2D eigenvalue weighted by Gasteiger charge is 2.43. The van der Waals surface area contributed by atoms with Crippen LogP contribution in [0.4, 0.5) is 13.2 Å². The van der Waals surface area contributed by atoms with Crippen LogP contribution in [0.3, 0.4) is 0 Å². The van der Waals surface area contributed by atoms with Crippen molar-refractivity contribution >= 4 is 17.4 Å². The lowest BCUT2D eigenvalue weighted by Gasteiger charge is -2.18. The van der Waals surface area contributed by atoms with Crippen molar-refractivity contribution in [2.24, 2.45) is 11.8 Å². The Labute approximate surface area is 155 Å². The third-order valence-electron chi connectivity index (χ3n) is 4.76. The molecule has 1 fully saturated rings. The van der Waals surface area contributed by atoms with Crippen LogP contribution in [0.25, 0.3) is 5.57 Å². The average molecular weight is 378 g/mol. The van der Waals surface area contributed by atoms with Gasteiger partial charge < -0.3 is 10.6 Å². The molecule has 1 aromatic rings. The van der Waals surface area contributed by atoms with E-state index in [9.17, 15) is 22.8 Å². The molecule has 0 radical (unpaired) electrons. The number of hydrogen-bond donors (Lipinski definition) is 2. The molecule has 1 heterocycles. The third kappa shape index (κ3) is 4.40. The summed E-state index contributed by atoms with van der Waals surface area (Å²) >= 11 is 0. The first-order valence-electron chi connectivity index (χ1n) is 8.95. The molecule has 2 amide bonds. The zero-order valence-corrected chi connectivity index (χ0v) is 14.9. The molecule has 2 N–H and O–H groups in total. The zero-order valence-electron chi connectivity index (χ0n) is 14.9. The van der Waals surface area contributed by atoms with E-state index in [4.69, 9.17) is 0 Å². The van der Waals surface area contributed by atoms with Gasteiger partial charge in [-0.15, -0.1) is 0 Å². The second kappa shape index (κ2) is 7.58. The first-order valence-corrected chi connectivity index (χ1v) is 8.95. The van der Waals surface area contributed by atoms with Gasteiger partial charge in [-0.05, 0) is 35.3 Å². The zero-order chi connectivity index (χ0) is 19.6. The molecule has 7 heteroatoms.